The summed E-state index contributed by atoms with van der Waals surface area (Å²) in [6, 6.07) is 0.343. The molecular formula is C22H41IN4O3. The Morgan fingerprint density at radius 3 is 2.47 bits per heavy atom. The fourth-order valence-corrected chi connectivity index (χ4v) is 4.51. The fraction of sp³-hybridized carbons (Fsp3) is 0.909. The zero-order valence-electron chi connectivity index (χ0n) is 18.6. The standard InChI is InChI=1S/C22H40N4O3.HI/c1-2-23-22(24-16-21(27)25-18-8-4-3-5-9-18)26-13-11-19(12-14-26)29-17-20-10-6-7-15-28-20;/h18-20H,2-17H2,1H3,(H,23,24)(H,25,27);1H. The van der Waals surface area contributed by atoms with Gasteiger partial charge in [0.1, 0.15) is 6.54 Å². The van der Waals surface area contributed by atoms with E-state index in [2.05, 4.69) is 27.4 Å². The predicted octanol–water partition coefficient (Wildman–Crippen LogP) is 3.07. The van der Waals surface area contributed by atoms with Crippen molar-refractivity contribution in [1.29, 1.82) is 0 Å². The summed E-state index contributed by atoms with van der Waals surface area (Å²) >= 11 is 0. The van der Waals surface area contributed by atoms with E-state index in [1.165, 1.54) is 32.1 Å². The number of halogens is 1. The zero-order valence-corrected chi connectivity index (χ0v) is 20.9. The molecule has 0 bridgehead atoms. The summed E-state index contributed by atoms with van der Waals surface area (Å²) in [5, 5.41) is 6.49. The number of hydrogen-bond donors (Lipinski definition) is 2. The van der Waals surface area contributed by atoms with Crippen LogP contribution in [0.5, 0.6) is 0 Å². The van der Waals surface area contributed by atoms with E-state index in [1.54, 1.807) is 0 Å². The number of nitrogens with one attached hydrogen (secondary N) is 2. The van der Waals surface area contributed by atoms with Crippen LogP contribution in [0.15, 0.2) is 4.99 Å². The maximum atomic E-state index is 12.3. The molecule has 0 aromatic rings. The molecule has 1 saturated carbocycles. The van der Waals surface area contributed by atoms with E-state index in [9.17, 15) is 4.79 Å². The lowest BCUT2D eigenvalue weighted by Crippen LogP contribution is -2.48. The Morgan fingerprint density at radius 1 is 1.07 bits per heavy atom. The van der Waals surface area contributed by atoms with Gasteiger partial charge in [-0.1, -0.05) is 19.3 Å². The van der Waals surface area contributed by atoms with E-state index in [1.807, 2.05) is 0 Å². The number of rotatable bonds is 7. The molecule has 0 radical (unpaired) electrons. The monoisotopic (exact) mass is 536 g/mol. The first-order valence-corrected chi connectivity index (χ1v) is 11.8. The van der Waals surface area contributed by atoms with Crippen LogP contribution >= 0.6 is 24.0 Å². The highest BCUT2D eigenvalue weighted by Gasteiger charge is 2.24. The van der Waals surface area contributed by atoms with Gasteiger partial charge in [0.2, 0.25) is 5.91 Å². The quantitative estimate of drug-likeness (QED) is 0.297. The maximum absolute atomic E-state index is 12.3. The fourth-order valence-electron chi connectivity index (χ4n) is 4.51. The molecule has 1 aliphatic carbocycles. The third-order valence-corrected chi connectivity index (χ3v) is 6.21. The van der Waals surface area contributed by atoms with Gasteiger partial charge in [0.15, 0.2) is 5.96 Å². The minimum atomic E-state index is 0. The van der Waals surface area contributed by atoms with E-state index in [0.717, 1.165) is 70.9 Å². The Bertz CT molecular complexity index is 515. The second kappa shape index (κ2) is 14.5. The predicted molar refractivity (Wildman–Crippen MR) is 131 cm³/mol. The highest BCUT2D eigenvalue weighted by Crippen LogP contribution is 2.18. The van der Waals surface area contributed by atoms with Crippen molar-refractivity contribution in [3.05, 3.63) is 0 Å². The number of ether oxygens (including phenoxy) is 2. The van der Waals surface area contributed by atoms with Crippen molar-refractivity contribution >= 4 is 35.8 Å². The molecule has 3 aliphatic rings. The van der Waals surface area contributed by atoms with Crippen LogP contribution in [0.25, 0.3) is 0 Å². The number of guanidine groups is 1. The first-order valence-electron chi connectivity index (χ1n) is 11.8. The Morgan fingerprint density at radius 2 is 1.80 bits per heavy atom. The van der Waals surface area contributed by atoms with Crippen molar-refractivity contribution in [2.24, 2.45) is 4.99 Å². The lowest BCUT2D eigenvalue weighted by Gasteiger charge is -2.35. The molecule has 0 aromatic carbocycles. The normalized spacial score (nSPS) is 24.2. The lowest BCUT2D eigenvalue weighted by atomic mass is 9.95. The number of piperidine rings is 1. The molecule has 2 N–H and O–H groups in total. The van der Waals surface area contributed by atoms with Crippen LogP contribution in [-0.4, -0.2) is 74.4 Å². The van der Waals surface area contributed by atoms with E-state index in [0.29, 0.717) is 12.1 Å². The number of likely N-dealkylation sites (tertiary alicyclic amines) is 1. The molecule has 0 spiro atoms. The topological polar surface area (TPSA) is 75.2 Å². The Hall–Kier alpha value is -0.610. The van der Waals surface area contributed by atoms with E-state index in [4.69, 9.17) is 9.47 Å². The summed E-state index contributed by atoms with van der Waals surface area (Å²) in [6.07, 6.45) is 12.1. The summed E-state index contributed by atoms with van der Waals surface area (Å²) in [4.78, 5) is 19.2. The van der Waals surface area contributed by atoms with Crippen LogP contribution in [0.3, 0.4) is 0 Å². The van der Waals surface area contributed by atoms with Crippen LogP contribution in [0.2, 0.25) is 0 Å². The molecule has 1 amide bonds. The van der Waals surface area contributed by atoms with Gasteiger partial charge >= 0.3 is 0 Å². The third kappa shape index (κ3) is 8.86. The number of carbonyl (C=O) groups excluding carboxylic acids is 1. The summed E-state index contributed by atoms with van der Waals surface area (Å²) in [5.41, 5.74) is 0. The average molecular weight is 536 g/mol. The highest BCUT2D eigenvalue weighted by molar-refractivity contribution is 14.0. The molecule has 2 saturated heterocycles. The molecule has 0 aromatic heterocycles. The van der Waals surface area contributed by atoms with E-state index in [-0.39, 0.29) is 42.5 Å². The van der Waals surface area contributed by atoms with Gasteiger partial charge in [0.05, 0.1) is 18.8 Å². The molecule has 1 unspecified atom stereocenters. The second-order valence-electron chi connectivity index (χ2n) is 8.58. The van der Waals surface area contributed by atoms with Gasteiger partial charge in [0.25, 0.3) is 0 Å². The molecule has 7 nitrogen and oxygen atoms in total. The van der Waals surface area contributed by atoms with Crippen molar-refractivity contribution in [1.82, 2.24) is 15.5 Å². The van der Waals surface area contributed by atoms with E-state index >= 15 is 0 Å². The Kier molecular flexibility index (Phi) is 12.4. The SMILES string of the molecule is CCNC(=NCC(=O)NC1CCCCC1)N1CCC(OCC2CCCCO2)CC1.I. The molecule has 30 heavy (non-hydrogen) atoms. The smallest absolute Gasteiger partial charge is 0.242 e. The number of hydrogen-bond acceptors (Lipinski definition) is 4. The Balaban J connectivity index is 0.00000320. The number of carbonyl (C=O) groups is 1. The molecule has 3 rings (SSSR count). The Labute approximate surface area is 199 Å². The lowest BCUT2D eigenvalue weighted by molar-refractivity contribution is -0.120. The summed E-state index contributed by atoms with van der Waals surface area (Å²) in [6.45, 7) is 6.49. The van der Waals surface area contributed by atoms with Gasteiger partial charge in [-0.2, -0.15) is 0 Å². The van der Waals surface area contributed by atoms with Crippen molar-refractivity contribution in [3.63, 3.8) is 0 Å². The largest absolute Gasteiger partial charge is 0.376 e. The molecule has 2 heterocycles. The molecule has 1 atom stereocenters. The first-order chi connectivity index (χ1) is 14.2. The van der Waals surface area contributed by atoms with Gasteiger partial charge in [-0.3, -0.25) is 4.79 Å². The summed E-state index contributed by atoms with van der Waals surface area (Å²) < 4.78 is 11.9. The number of amides is 1. The van der Waals surface area contributed by atoms with Crippen molar-refractivity contribution in [2.45, 2.75) is 89.4 Å². The third-order valence-electron chi connectivity index (χ3n) is 6.21. The first kappa shape index (κ1) is 25.6. The molecule has 8 heteroatoms. The van der Waals surface area contributed by atoms with Crippen LogP contribution in [-0.2, 0) is 14.3 Å². The second-order valence-corrected chi connectivity index (χ2v) is 8.58. The van der Waals surface area contributed by atoms with Crippen molar-refractivity contribution < 1.29 is 14.3 Å². The van der Waals surface area contributed by atoms with Crippen molar-refractivity contribution in [2.75, 3.05) is 39.4 Å². The zero-order chi connectivity index (χ0) is 20.3. The minimum Gasteiger partial charge on any atom is -0.376 e. The van der Waals surface area contributed by atoms with Gasteiger partial charge in [0, 0.05) is 32.3 Å². The van der Waals surface area contributed by atoms with Crippen LogP contribution in [0.4, 0.5) is 0 Å². The van der Waals surface area contributed by atoms with Gasteiger partial charge in [-0.05, 0) is 51.9 Å². The van der Waals surface area contributed by atoms with E-state index < -0.39 is 0 Å². The molecular weight excluding hydrogens is 495 g/mol. The summed E-state index contributed by atoms with van der Waals surface area (Å²) in [5.74, 6) is 0.887. The number of aliphatic imine (C=N–C) groups is 1. The average Bonchev–Trinajstić information content (AvgIpc) is 2.77. The van der Waals surface area contributed by atoms with Gasteiger partial charge in [-0.15, -0.1) is 24.0 Å². The van der Waals surface area contributed by atoms with Gasteiger partial charge in [-0.25, -0.2) is 4.99 Å². The van der Waals surface area contributed by atoms with Crippen LogP contribution < -0.4 is 10.6 Å². The van der Waals surface area contributed by atoms with Gasteiger partial charge < -0.3 is 25.0 Å². The van der Waals surface area contributed by atoms with Crippen LogP contribution in [0, 0.1) is 0 Å². The summed E-state index contributed by atoms with van der Waals surface area (Å²) in [7, 11) is 0. The maximum Gasteiger partial charge on any atom is 0.242 e. The molecule has 174 valence electrons. The van der Waals surface area contributed by atoms with Crippen molar-refractivity contribution in [3.8, 4) is 0 Å². The molecule has 3 fully saturated rings. The minimum absolute atomic E-state index is 0. The number of nitrogens with zero attached hydrogens (tertiary/aromatic N) is 2. The highest BCUT2D eigenvalue weighted by atomic mass is 127. The molecule has 2 aliphatic heterocycles. The van der Waals surface area contributed by atoms with Crippen LogP contribution in [0.1, 0.15) is 71.1 Å².